The molecule has 20 aromatic rings. The zero-order chi connectivity index (χ0) is 68.3. The first kappa shape index (κ1) is 57.1. The van der Waals surface area contributed by atoms with Crippen LogP contribution in [0.25, 0.3) is 132 Å². The van der Waals surface area contributed by atoms with Gasteiger partial charge >= 0.3 is 0 Å². The molecule has 16 aromatic carbocycles. The third kappa shape index (κ3) is 7.63. The summed E-state index contributed by atoms with van der Waals surface area (Å²) in [5.74, 6) is 3.50. The molecule has 1 unspecified atom stereocenters. The smallest absolute Gasteiger partial charge is 0.250 e. The van der Waals surface area contributed by atoms with Crippen molar-refractivity contribution in [1.82, 2.24) is 18.3 Å². The van der Waals surface area contributed by atoms with Crippen molar-refractivity contribution in [1.29, 1.82) is 0 Å². The van der Waals surface area contributed by atoms with Gasteiger partial charge in [-0.1, -0.05) is 254 Å². The first-order valence-electron chi connectivity index (χ1n) is 36.4. The number of hydrogen-bond acceptors (Lipinski definition) is 2. The molecule has 2 aliphatic heterocycles. The van der Waals surface area contributed by atoms with E-state index < -0.39 is 5.41 Å². The van der Waals surface area contributed by atoms with Gasteiger partial charge in [0.15, 0.2) is 0 Å². The molecule has 8 heteroatoms. The SMILES string of the molecule is c1ccc(B2c3ccccc3Oc3c2ccc2c3-c3cc(-n4c5ccccc5c5cc6c(cc54)c4ccccc4n6-c4ccccc4)ccc3C23c2ccc(-n4c5ccccc5c5cc6c7ccccc7n(-c7ccccc7)c6cc54)cc2-c2c3ccc3c2Oc2ccccc2B3c2ccccc2)cc1. The maximum absolute atomic E-state index is 7.70. The van der Waals surface area contributed by atoms with Crippen molar-refractivity contribution in [2.75, 3.05) is 0 Å². The van der Waals surface area contributed by atoms with Crippen LogP contribution in [0.2, 0.25) is 0 Å². The predicted octanol–water partition coefficient (Wildman–Crippen LogP) is 19.7. The largest absolute Gasteiger partial charge is 0.458 e. The first-order valence-corrected chi connectivity index (χ1v) is 36.4. The van der Waals surface area contributed by atoms with Crippen LogP contribution < -0.4 is 42.3 Å². The second-order valence-corrected chi connectivity index (χ2v) is 28.8. The molecule has 24 rings (SSSR count). The predicted molar refractivity (Wildman–Crippen MR) is 435 cm³/mol. The topological polar surface area (TPSA) is 38.2 Å². The second-order valence-electron chi connectivity index (χ2n) is 28.8. The molecule has 0 N–H and O–H groups in total. The van der Waals surface area contributed by atoms with E-state index in [2.05, 4.69) is 370 Å². The van der Waals surface area contributed by atoms with E-state index in [-0.39, 0.29) is 13.4 Å². The molecule has 1 spiro atoms. The molecule has 4 aliphatic rings. The van der Waals surface area contributed by atoms with Crippen LogP contribution in [-0.2, 0) is 5.41 Å². The van der Waals surface area contributed by atoms with E-state index in [0.717, 1.165) is 117 Å². The summed E-state index contributed by atoms with van der Waals surface area (Å²) in [6.45, 7) is -0.195. The Labute approximate surface area is 604 Å². The summed E-state index contributed by atoms with van der Waals surface area (Å²) >= 11 is 0. The third-order valence-corrected chi connectivity index (χ3v) is 23.8. The Bertz CT molecular complexity index is 7170. The van der Waals surface area contributed by atoms with E-state index in [1.165, 1.54) is 92.8 Å². The molecule has 0 radical (unpaired) electrons. The molecule has 6 nitrogen and oxygen atoms in total. The summed E-state index contributed by atoms with van der Waals surface area (Å²) in [6.07, 6.45) is 0. The summed E-state index contributed by atoms with van der Waals surface area (Å²) in [6, 6.07) is 131. The van der Waals surface area contributed by atoms with Gasteiger partial charge in [-0.15, -0.1) is 0 Å². The monoisotopic (exact) mass is 1330 g/mol. The van der Waals surface area contributed by atoms with E-state index in [4.69, 9.17) is 9.47 Å². The molecule has 105 heavy (non-hydrogen) atoms. The minimum atomic E-state index is -0.878. The van der Waals surface area contributed by atoms with Crippen LogP contribution in [0.5, 0.6) is 23.0 Å². The summed E-state index contributed by atoms with van der Waals surface area (Å²) in [5.41, 5.74) is 29.0. The molecule has 0 fully saturated rings. The Hall–Kier alpha value is -13.6. The van der Waals surface area contributed by atoms with Crippen LogP contribution in [0.15, 0.2) is 352 Å². The van der Waals surface area contributed by atoms with Gasteiger partial charge in [0.25, 0.3) is 13.4 Å². The van der Waals surface area contributed by atoms with Gasteiger partial charge in [0.2, 0.25) is 0 Å². The van der Waals surface area contributed by atoms with E-state index in [1.54, 1.807) is 0 Å². The van der Waals surface area contributed by atoms with Gasteiger partial charge < -0.3 is 27.7 Å². The molecule has 484 valence electrons. The maximum atomic E-state index is 7.70. The van der Waals surface area contributed by atoms with Crippen molar-refractivity contribution in [2.45, 2.75) is 5.41 Å². The van der Waals surface area contributed by atoms with Gasteiger partial charge in [-0.2, -0.15) is 0 Å². The molecule has 0 saturated carbocycles. The van der Waals surface area contributed by atoms with Crippen LogP contribution in [0.3, 0.4) is 0 Å². The Morgan fingerprint density at radius 1 is 0.219 bits per heavy atom. The summed E-state index contributed by atoms with van der Waals surface area (Å²) in [5, 5.41) is 9.66. The fourth-order valence-corrected chi connectivity index (χ4v) is 19.6. The molecular formula is C97H58B2N4O2. The minimum Gasteiger partial charge on any atom is -0.458 e. The molecule has 6 heterocycles. The lowest BCUT2D eigenvalue weighted by Gasteiger charge is -2.33. The highest BCUT2D eigenvalue weighted by Crippen LogP contribution is 2.66. The van der Waals surface area contributed by atoms with E-state index in [1.807, 2.05) is 0 Å². The van der Waals surface area contributed by atoms with Crippen LogP contribution in [0.1, 0.15) is 22.3 Å². The zero-order valence-electron chi connectivity index (χ0n) is 56.7. The molecule has 0 bridgehead atoms. The van der Waals surface area contributed by atoms with Crippen molar-refractivity contribution in [2.24, 2.45) is 0 Å². The molecule has 4 aromatic heterocycles. The normalized spacial score (nSPS) is 14.4. The Kier molecular flexibility index (Phi) is 11.6. The van der Waals surface area contributed by atoms with E-state index in [9.17, 15) is 0 Å². The lowest BCUT2D eigenvalue weighted by atomic mass is 9.35. The number of nitrogens with zero attached hydrogens (tertiary/aromatic N) is 4. The molecule has 0 amide bonds. The van der Waals surface area contributed by atoms with Crippen molar-refractivity contribution < 1.29 is 9.47 Å². The van der Waals surface area contributed by atoms with Gasteiger partial charge in [-0.05, 0) is 164 Å². The van der Waals surface area contributed by atoms with Gasteiger partial charge in [-0.25, -0.2) is 0 Å². The van der Waals surface area contributed by atoms with Gasteiger partial charge in [0.05, 0.1) is 49.5 Å². The third-order valence-electron chi connectivity index (χ3n) is 23.8. The second kappa shape index (κ2) is 21.3. The number of benzene rings is 16. The minimum absolute atomic E-state index is 0.0973. The van der Waals surface area contributed by atoms with Gasteiger partial charge in [0, 0.05) is 77.0 Å². The number of aromatic nitrogens is 4. The van der Waals surface area contributed by atoms with Crippen LogP contribution in [0, 0.1) is 0 Å². The zero-order valence-corrected chi connectivity index (χ0v) is 56.7. The van der Waals surface area contributed by atoms with Crippen molar-refractivity contribution in [3.8, 4) is 68.0 Å². The van der Waals surface area contributed by atoms with Crippen molar-refractivity contribution >= 4 is 133 Å². The summed E-state index contributed by atoms with van der Waals surface area (Å²) in [4.78, 5) is 0. The first-order chi connectivity index (χ1) is 52.1. The van der Waals surface area contributed by atoms with Crippen molar-refractivity contribution in [3.63, 3.8) is 0 Å². The summed E-state index contributed by atoms with van der Waals surface area (Å²) < 4.78 is 25.3. The quantitative estimate of drug-likeness (QED) is 0.156. The van der Waals surface area contributed by atoms with Crippen LogP contribution >= 0.6 is 0 Å². The number of ether oxygens (including phenoxy) is 2. The van der Waals surface area contributed by atoms with E-state index >= 15 is 0 Å². The van der Waals surface area contributed by atoms with Crippen LogP contribution in [0.4, 0.5) is 0 Å². The molecular weight excluding hydrogens is 1270 g/mol. The number of rotatable bonds is 6. The summed E-state index contributed by atoms with van der Waals surface area (Å²) in [7, 11) is 0. The Morgan fingerprint density at radius 2 is 0.543 bits per heavy atom. The van der Waals surface area contributed by atoms with Crippen molar-refractivity contribution in [3.05, 3.63) is 374 Å². The fourth-order valence-electron chi connectivity index (χ4n) is 19.6. The molecule has 1 atom stereocenters. The number of fused-ring (bicyclic) bond motifs is 28. The van der Waals surface area contributed by atoms with Gasteiger partial charge in [-0.3, -0.25) is 0 Å². The fraction of sp³-hybridized carbons (Fsp3) is 0.0103. The average Bonchev–Trinajstić information content (AvgIpc) is 1.49. The molecule has 0 saturated heterocycles. The van der Waals surface area contributed by atoms with Crippen LogP contribution in [-0.4, -0.2) is 31.7 Å². The lowest BCUT2D eigenvalue weighted by Crippen LogP contribution is -2.55. The standard InChI is InChI=1S/C97H58B2N4O2/c1-5-25-59(26-6-1)98-79-37-17-23-43-91(79)104-95-81(98)51-49-77-93(95)73-53-63(102-86-42-22-16-36-68(86)72-56-87-71(57-88(72)102)67-35-15-20-40-84(67)100(87)61-29-9-3-10-30-61)45-47-75(73)97(77)76-48-46-64(54-74(76)94-78(97)50-52-82-96(94)105-92-44-24-18-38-80(92)99(82)60-27-7-2-8-28-60)103-85-41-21-14-34-66(85)70-55-69-65-33-13-19-39-83(65)101(89(69)58-90(70)103)62-31-11-4-12-32-62/h1-58H. The van der Waals surface area contributed by atoms with E-state index in [0.29, 0.717) is 0 Å². The number of hydrogen-bond donors (Lipinski definition) is 0. The highest BCUT2D eigenvalue weighted by Gasteiger charge is 2.56. The highest BCUT2D eigenvalue weighted by atomic mass is 16.5. The Balaban J connectivity index is 0.810. The number of para-hydroxylation sites is 8. The lowest BCUT2D eigenvalue weighted by molar-refractivity contribution is 0.488. The maximum Gasteiger partial charge on any atom is 0.250 e. The molecule has 2 aliphatic carbocycles. The van der Waals surface area contributed by atoms with Gasteiger partial charge in [0.1, 0.15) is 23.0 Å². The Morgan fingerprint density at radius 3 is 0.952 bits per heavy atom. The average molecular weight is 1330 g/mol. The highest BCUT2D eigenvalue weighted by molar-refractivity contribution is 6.97.